The van der Waals surface area contributed by atoms with Crippen LogP contribution in [0.3, 0.4) is 0 Å². The van der Waals surface area contributed by atoms with E-state index in [1.807, 2.05) is 25.1 Å². The Morgan fingerprint density at radius 2 is 2.23 bits per heavy atom. The SMILES string of the molecule is Cc1nc(N)ccc1C=CCCN. The van der Waals surface area contributed by atoms with E-state index in [9.17, 15) is 0 Å². The molecule has 0 amide bonds. The lowest BCUT2D eigenvalue weighted by Gasteiger charge is -1.99. The third kappa shape index (κ3) is 2.87. The van der Waals surface area contributed by atoms with Crippen LogP contribution in [-0.4, -0.2) is 11.5 Å². The summed E-state index contributed by atoms with van der Waals surface area (Å²) in [6.45, 7) is 2.62. The van der Waals surface area contributed by atoms with Gasteiger partial charge in [0, 0.05) is 5.69 Å². The predicted molar refractivity (Wildman–Crippen MR) is 56.1 cm³/mol. The van der Waals surface area contributed by atoms with Gasteiger partial charge in [-0.2, -0.15) is 0 Å². The minimum absolute atomic E-state index is 0.563. The molecule has 3 heteroatoms. The van der Waals surface area contributed by atoms with Gasteiger partial charge in [0.15, 0.2) is 0 Å². The van der Waals surface area contributed by atoms with Gasteiger partial charge >= 0.3 is 0 Å². The molecule has 1 aromatic heterocycles. The summed E-state index contributed by atoms with van der Waals surface area (Å²) in [6, 6.07) is 3.76. The van der Waals surface area contributed by atoms with Crippen molar-refractivity contribution in [3.8, 4) is 0 Å². The number of nitrogens with two attached hydrogens (primary N) is 2. The quantitative estimate of drug-likeness (QED) is 0.732. The molecule has 1 rings (SSSR count). The number of hydrogen-bond acceptors (Lipinski definition) is 3. The topological polar surface area (TPSA) is 64.9 Å². The second kappa shape index (κ2) is 4.62. The zero-order valence-electron chi connectivity index (χ0n) is 7.83. The van der Waals surface area contributed by atoms with Crippen molar-refractivity contribution in [2.45, 2.75) is 13.3 Å². The summed E-state index contributed by atoms with van der Waals surface area (Å²) in [4.78, 5) is 4.15. The standard InChI is InChI=1S/C10H15N3/c1-8-9(4-2-3-7-11)5-6-10(12)13-8/h2,4-6H,3,7,11H2,1H3,(H2,12,13). The maximum Gasteiger partial charge on any atom is 0.123 e. The molecule has 0 saturated heterocycles. The molecule has 3 nitrogen and oxygen atoms in total. The highest BCUT2D eigenvalue weighted by atomic mass is 14.8. The van der Waals surface area contributed by atoms with Crippen LogP contribution in [0.1, 0.15) is 17.7 Å². The molecule has 0 unspecified atom stereocenters. The molecule has 0 atom stereocenters. The van der Waals surface area contributed by atoms with Crippen LogP contribution >= 0.6 is 0 Å². The molecule has 13 heavy (non-hydrogen) atoms. The number of hydrogen-bond donors (Lipinski definition) is 2. The zero-order valence-corrected chi connectivity index (χ0v) is 7.83. The lowest BCUT2D eigenvalue weighted by Crippen LogP contribution is -1.96. The molecule has 4 N–H and O–H groups in total. The van der Waals surface area contributed by atoms with E-state index in [0.717, 1.165) is 17.7 Å². The molecule has 0 fully saturated rings. The molecule has 0 bridgehead atoms. The van der Waals surface area contributed by atoms with Crippen LogP contribution in [0.15, 0.2) is 18.2 Å². The summed E-state index contributed by atoms with van der Waals surface area (Å²) in [7, 11) is 0. The highest BCUT2D eigenvalue weighted by molar-refractivity contribution is 5.53. The number of nitrogen functional groups attached to an aromatic ring is 1. The highest BCUT2D eigenvalue weighted by Gasteiger charge is 1.94. The number of rotatable bonds is 3. The Kier molecular flexibility index (Phi) is 3.46. The molecule has 0 aliphatic heterocycles. The van der Waals surface area contributed by atoms with Crippen molar-refractivity contribution in [3.05, 3.63) is 29.5 Å². The molecule has 0 saturated carbocycles. The van der Waals surface area contributed by atoms with Crippen molar-refractivity contribution < 1.29 is 0 Å². The van der Waals surface area contributed by atoms with Gasteiger partial charge in [0.25, 0.3) is 0 Å². The van der Waals surface area contributed by atoms with Crippen LogP contribution in [0.2, 0.25) is 0 Å². The number of aromatic nitrogens is 1. The Hall–Kier alpha value is -1.35. The van der Waals surface area contributed by atoms with Crippen molar-refractivity contribution in [1.29, 1.82) is 0 Å². The van der Waals surface area contributed by atoms with Gasteiger partial charge in [-0.15, -0.1) is 0 Å². The van der Waals surface area contributed by atoms with Crippen molar-refractivity contribution in [2.75, 3.05) is 12.3 Å². The molecule has 0 aliphatic carbocycles. The number of pyridine rings is 1. The van der Waals surface area contributed by atoms with Crippen LogP contribution in [0.25, 0.3) is 6.08 Å². The lowest BCUT2D eigenvalue weighted by atomic mass is 10.2. The van der Waals surface area contributed by atoms with Gasteiger partial charge < -0.3 is 11.5 Å². The second-order valence-electron chi connectivity index (χ2n) is 2.89. The van der Waals surface area contributed by atoms with Crippen molar-refractivity contribution in [2.24, 2.45) is 5.73 Å². The fraction of sp³-hybridized carbons (Fsp3) is 0.300. The Balaban J connectivity index is 2.77. The smallest absolute Gasteiger partial charge is 0.123 e. The summed E-state index contributed by atoms with van der Waals surface area (Å²) in [5.41, 5.74) is 12.9. The summed E-state index contributed by atoms with van der Waals surface area (Å²) < 4.78 is 0. The predicted octanol–water partition coefficient (Wildman–Crippen LogP) is 1.33. The van der Waals surface area contributed by atoms with E-state index in [2.05, 4.69) is 4.98 Å². The fourth-order valence-corrected chi connectivity index (χ4v) is 1.07. The van der Waals surface area contributed by atoms with Crippen LogP contribution in [0, 0.1) is 6.92 Å². The largest absolute Gasteiger partial charge is 0.384 e. The first kappa shape index (κ1) is 9.74. The maximum absolute atomic E-state index is 5.53. The lowest BCUT2D eigenvalue weighted by molar-refractivity contribution is 1.01. The van der Waals surface area contributed by atoms with Gasteiger partial charge in [0.2, 0.25) is 0 Å². The minimum Gasteiger partial charge on any atom is -0.384 e. The number of anilines is 1. The van der Waals surface area contributed by atoms with E-state index in [0.29, 0.717) is 12.4 Å². The van der Waals surface area contributed by atoms with Crippen molar-refractivity contribution in [3.63, 3.8) is 0 Å². The van der Waals surface area contributed by atoms with Gasteiger partial charge in [-0.3, -0.25) is 0 Å². The molecule has 0 radical (unpaired) electrons. The molecule has 0 aromatic carbocycles. The van der Waals surface area contributed by atoms with E-state index in [4.69, 9.17) is 11.5 Å². The summed E-state index contributed by atoms with van der Waals surface area (Å²) in [5, 5.41) is 0. The number of aryl methyl sites for hydroxylation is 1. The van der Waals surface area contributed by atoms with E-state index < -0.39 is 0 Å². The third-order valence-corrected chi connectivity index (χ3v) is 1.78. The first-order chi connectivity index (χ1) is 6.24. The van der Waals surface area contributed by atoms with Crippen LogP contribution < -0.4 is 11.5 Å². The third-order valence-electron chi connectivity index (χ3n) is 1.78. The van der Waals surface area contributed by atoms with Gasteiger partial charge in [-0.25, -0.2) is 4.98 Å². The van der Waals surface area contributed by atoms with Gasteiger partial charge in [-0.05, 0) is 37.6 Å². The zero-order chi connectivity index (χ0) is 9.68. The average Bonchev–Trinajstić information content (AvgIpc) is 2.09. The first-order valence-corrected chi connectivity index (χ1v) is 4.34. The van der Waals surface area contributed by atoms with E-state index >= 15 is 0 Å². The van der Waals surface area contributed by atoms with Crippen LogP contribution in [0.5, 0.6) is 0 Å². The molecular formula is C10H15N3. The Bertz CT molecular complexity index is 305. The molecular weight excluding hydrogens is 162 g/mol. The average molecular weight is 177 g/mol. The van der Waals surface area contributed by atoms with Gasteiger partial charge in [0.05, 0.1) is 0 Å². The summed E-state index contributed by atoms with van der Waals surface area (Å²) in [6.07, 6.45) is 4.96. The van der Waals surface area contributed by atoms with E-state index in [1.54, 1.807) is 6.07 Å². The minimum atomic E-state index is 0.563. The number of nitrogens with zero attached hydrogens (tertiary/aromatic N) is 1. The normalized spacial score (nSPS) is 10.9. The first-order valence-electron chi connectivity index (χ1n) is 4.34. The van der Waals surface area contributed by atoms with E-state index in [-0.39, 0.29) is 0 Å². The summed E-state index contributed by atoms with van der Waals surface area (Å²) in [5.74, 6) is 0.563. The highest BCUT2D eigenvalue weighted by Crippen LogP contribution is 2.09. The summed E-state index contributed by atoms with van der Waals surface area (Å²) >= 11 is 0. The Morgan fingerprint density at radius 1 is 1.46 bits per heavy atom. The van der Waals surface area contributed by atoms with Gasteiger partial charge in [0.1, 0.15) is 5.82 Å². The van der Waals surface area contributed by atoms with Crippen LogP contribution in [-0.2, 0) is 0 Å². The molecule has 0 aliphatic rings. The van der Waals surface area contributed by atoms with Crippen LogP contribution in [0.4, 0.5) is 5.82 Å². The second-order valence-corrected chi connectivity index (χ2v) is 2.89. The molecule has 70 valence electrons. The molecule has 1 heterocycles. The van der Waals surface area contributed by atoms with E-state index in [1.165, 1.54) is 0 Å². The molecule has 0 spiro atoms. The van der Waals surface area contributed by atoms with Crippen molar-refractivity contribution >= 4 is 11.9 Å². The maximum atomic E-state index is 5.53. The Morgan fingerprint density at radius 3 is 2.85 bits per heavy atom. The van der Waals surface area contributed by atoms with Gasteiger partial charge in [-0.1, -0.05) is 12.2 Å². The molecule has 1 aromatic rings. The fourth-order valence-electron chi connectivity index (χ4n) is 1.07. The monoisotopic (exact) mass is 177 g/mol. The Labute approximate surface area is 78.5 Å². The van der Waals surface area contributed by atoms with Crippen molar-refractivity contribution in [1.82, 2.24) is 4.98 Å².